The number of rotatable bonds is 8. The Morgan fingerprint density at radius 1 is 1.19 bits per heavy atom. The summed E-state index contributed by atoms with van der Waals surface area (Å²) in [6.07, 6.45) is 3.48. The lowest BCUT2D eigenvalue weighted by atomic mass is 10.1. The van der Waals surface area contributed by atoms with Crippen molar-refractivity contribution in [2.75, 3.05) is 62.0 Å². The van der Waals surface area contributed by atoms with Crippen molar-refractivity contribution < 1.29 is 14.3 Å². The Morgan fingerprint density at radius 3 is 2.54 bits per heavy atom. The highest BCUT2D eigenvalue weighted by molar-refractivity contribution is 6.04. The molecule has 1 saturated heterocycles. The summed E-state index contributed by atoms with van der Waals surface area (Å²) in [4.78, 5) is 43.3. The number of nitrogens with one attached hydrogen (secondary N) is 1. The Bertz CT molecular complexity index is 1130. The molecule has 1 fully saturated rings. The van der Waals surface area contributed by atoms with E-state index in [1.807, 2.05) is 24.0 Å². The predicted octanol–water partition coefficient (Wildman–Crippen LogP) is 3.37. The minimum Gasteiger partial charge on any atom is -0.495 e. The van der Waals surface area contributed by atoms with Crippen molar-refractivity contribution in [1.29, 1.82) is 0 Å². The fourth-order valence-corrected chi connectivity index (χ4v) is 5.16. The second-order valence-corrected chi connectivity index (χ2v) is 9.90. The minimum atomic E-state index is -0.274. The number of methoxy groups -OCH3 is 1. The smallest absolute Gasteiger partial charge is 0.254 e. The molecular formula is C27H39N7O3. The number of anilines is 4. The summed E-state index contributed by atoms with van der Waals surface area (Å²) in [6, 6.07) is 5.22. The van der Waals surface area contributed by atoms with E-state index >= 15 is 0 Å². The van der Waals surface area contributed by atoms with Gasteiger partial charge in [-0.25, -0.2) is 4.98 Å². The van der Waals surface area contributed by atoms with Gasteiger partial charge in [0, 0.05) is 44.8 Å². The first-order chi connectivity index (χ1) is 17.8. The van der Waals surface area contributed by atoms with Gasteiger partial charge in [0.25, 0.3) is 5.91 Å². The Morgan fingerprint density at radius 2 is 1.92 bits per heavy atom. The minimum absolute atomic E-state index is 0.0110. The van der Waals surface area contributed by atoms with Crippen molar-refractivity contribution in [1.82, 2.24) is 19.8 Å². The molecule has 10 heteroatoms. The number of aromatic nitrogens is 2. The van der Waals surface area contributed by atoms with E-state index in [0.717, 1.165) is 45.0 Å². The molecule has 0 saturated carbocycles. The largest absolute Gasteiger partial charge is 0.495 e. The van der Waals surface area contributed by atoms with Crippen LogP contribution in [0.25, 0.3) is 0 Å². The van der Waals surface area contributed by atoms with Gasteiger partial charge in [-0.2, -0.15) is 4.98 Å². The van der Waals surface area contributed by atoms with Crippen LogP contribution in [-0.4, -0.2) is 90.5 Å². The van der Waals surface area contributed by atoms with Gasteiger partial charge in [0.05, 0.1) is 19.0 Å². The Labute approximate surface area is 219 Å². The van der Waals surface area contributed by atoms with Crippen LogP contribution in [0.1, 0.15) is 50.9 Å². The lowest BCUT2D eigenvalue weighted by Crippen LogP contribution is -2.54. The summed E-state index contributed by atoms with van der Waals surface area (Å²) in [5.41, 5.74) is 1.94. The third-order valence-electron chi connectivity index (χ3n) is 7.14. The van der Waals surface area contributed by atoms with Gasteiger partial charge < -0.3 is 24.8 Å². The number of benzene rings is 1. The highest BCUT2D eigenvalue weighted by Gasteiger charge is 2.38. The maximum Gasteiger partial charge on any atom is 0.254 e. The normalized spacial score (nSPS) is 18.3. The molecule has 4 rings (SSSR count). The molecule has 2 aliphatic rings. The van der Waals surface area contributed by atoms with Gasteiger partial charge in [-0.3, -0.25) is 14.5 Å². The van der Waals surface area contributed by atoms with E-state index in [4.69, 9.17) is 9.72 Å². The number of amides is 2. The van der Waals surface area contributed by atoms with Crippen LogP contribution in [0.3, 0.4) is 0 Å². The van der Waals surface area contributed by atoms with Gasteiger partial charge >= 0.3 is 0 Å². The molecule has 1 unspecified atom stereocenters. The summed E-state index contributed by atoms with van der Waals surface area (Å²) >= 11 is 0. The van der Waals surface area contributed by atoms with E-state index in [1.54, 1.807) is 31.3 Å². The third kappa shape index (κ3) is 5.34. The van der Waals surface area contributed by atoms with Crippen LogP contribution in [0.2, 0.25) is 0 Å². The number of likely N-dealkylation sites (N-methyl/N-ethyl adjacent to an activating group) is 1. The van der Waals surface area contributed by atoms with Gasteiger partial charge in [0.1, 0.15) is 17.5 Å². The first-order valence-electron chi connectivity index (χ1n) is 13.2. The van der Waals surface area contributed by atoms with Crippen LogP contribution < -0.4 is 19.9 Å². The van der Waals surface area contributed by atoms with Crippen molar-refractivity contribution >= 4 is 35.0 Å². The maximum absolute atomic E-state index is 13.1. The van der Waals surface area contributed by atoms with Crippen LogP contribution in [0.5, 0.6) is 5.75 Å². The summed E-state index contributed by atoms with van der Waals surface area (Å²) in [6.45, 7) is 12.6. The second kappa shape index (κ2) is 11.3. The van der Waals surface area contributed by atoms with Crippen LogP contribution in [-0.2, 0) is 4.79 Å². The zero-order chi connectivity index (χ0) is 26.7. The fraction of sp³-hybridized carbons (Fsp3) is 0.556. The molecule has 2 amide bonds. The van der Waals surface area contributed by atoms with E-state index in [1.165, 1.54) is 0 Å². The molecular weight excluding hydrogens is 470 g/mol. The molecule has 1 N–H and O–H groups in total. The second-order valence-electron chi connectivity index (χ2n) is 9.90. The van der Waals surface area contributed by atoms with Crippen molar-refractivity contribution in [2.45, 2.75) is 52.6 Å². The summed E-state index contributed by atoms with van der Waals surface area (Å²) in [5, 5.41) is 3.25. The number of carbonyl (C=O) groups excluding carboxylic acids is 2. The first kappa shape index (κ1) is 26.7. The summed E-state index contributed by atoms with van der Waals surface area (Å²) in [7, 11) is 3.35. The van der Waals surface area contributed by atoms with Crippen molar-refractivity contribution in [3.63, 3.8) is 0 Å². The molecule has 0 bridgehead atoms. The summed E-state index contributed by atoms with van der Waals surface area (Å²) in [5.74, 6) is 1.70. The average molecular weight is 510 g/mol. The van der Waals surface area contributed by atoms with Crippen molar-refractivity contribution in [3.8, 4) is 5.75 Å². The monoisotopic (exact) mass is 509 g/mol. The van der Waals surface area contributed by atoms with Gasteiger partial charge in [0.15, 0.2) is 5.82 Å². The number of hydrogen-bond donors (Lipinski definition) is 1. The average Bonchev–Trinajstić information content (AvgIpc) is 2.90. The van der Waals surface area contributed by atoms with E-state index < -0.39 is 0 Å². The van der Waals surface area contributed by atoms with E-state index in [0.29, 0.717) is 35.1 Å². The van der Waals surface area contributed by atoms with Crippen LogP contribution in [0.15, 0.2) is 24.4 Å². The van der Waals surface area contributed by atoms with Gasteiger partial charge in [0.2, 0.25) is 11.9 Å². The molecule has 3 heterocycles. The highest BCUT2D eigenvalue weighted by atomic mass is 16.5. The van der Waals surface area contributed by atoms with E-state index in [-0.39, 0.29) is 23.9 Å². The van der Waals surface area contributed by atoms with E-state index in [9.17, 15) is 9.59 Å². The van der Waals surface area contributed by atoms with Crippen molar-refractivity contribution in [3.05, 3.63) is 30.0 Å². The highest BCUT2D eigenvalue weighted by Crippen LogP contribution is 2.37. The lowest BCUT2D eigenvalue weighted by molar-refractivity contribution is -0.120. The van der Waals surface area contributed by atoms with Crippen LogP contribution in [0.4, 0.5) is 23.1 Å². The molecule has 1 aromatic carbocycles. The van der Waals surface area contributed by atoms with E-state index in [2.05, 4.69) is 40.9 Å². The number of nitrogens with zero attached hydrogens (tertiary/aromatic N) is 6. The molecule has 10 nitrogen and oxygen atoms in total. The Hall–Kier alpha value is -3.40. The predicted molar refractivity (Wildman–Crippen MR) is 146 cm³/mol. The first-order valence-corrected chi connectivity index (χ1v) is 13.2. The lowest BCUT2D eigenvalue weighted by Gasteiger charge is -2.42. The summed E-state index contributed by atoms with van der Waals surface area (Å²) < 4.78 is 5.62. The SMILES string of the molecule is CCCN1CCN(C(=O)c2ccc(Nc3ncc4c(n3)N(C(C)C)C(CC)C(=O)N4C)c(OC)c2)CC1. The number of carbonyl (C=O) groups is 2. The number of hydrogen-bond acceptors (Lipinski definition) is 8. The van der Waals surface area contributed by atoms with Crippen molar-refractivity contribution in [2.24, 2.45) is 0 Å². The molecule has 0 aliphatic carbocycles. The Kier molecular flexibility index (Phi) is 8.16. The molecule has 200 valence electrons. The molecule has 37 heavy (non-hydrogen) atoms. The standard InChI is InChI=1S/C27H39N7O3/c1-7-11-32-12-14-33(15-13-32)25(35)19-9-10-20(23(16-19)37-6)29-27-28-17-22-24(30-27)34(18(3)4)21(8-2)26(36)31(22)5/h9-10,16-18,21H,7-8,11-15H2,1-6H3,(H,28,29,30). The zero-order valence-electron chi connectivity index (χ0n) is 22.8. The topological polar surface area (TPSA) is 94.1 Å². The van der Waals surface area contributed by atoms with Gasteiger partial charge in [-0.05, 0) is 51.4 Å². The zero-order valence-corrected chi connectivity index (χ0v) is 22.8. The maximum atomic E-state index is 13.1. The third-order valence-corrected chi connectivity index (χ3v) is 7.14. The molecule has 2 aliphatic heterocycles. The number of fused-ring (bicyclic) bond motifs is 1. The number of piperazine rings is 1. The molecule has 0 spiro atoms. The van der Waals surface area contributed by atoms with Gasteiger partial charge in [-0.15, -0.1) is 0 Å². The van der Waals surface area contributed by atoms with Gasteiger partial charge in [-0.1, -0.05) is 13.8 Å². The molecule has 2 aromatic rings. The number of ether oxygens (including phenoxy) is 1. The fourth-order valence-electron chi connectivity index (χ4n) is 5.16. The Balaban J connectivity index is 1.55. The van der Waals surface area contributed by atoms with Crippen LogP contribution >= 0.6 is 0 Å². The molecule has 1 aromatic heterocycles. The quantitative estimate of drug-likeness (QED) is 0.579. The van der Waals surface area contributed by atoms with Crippen LogP contribution in [0, 0.1) is 0 Å². The molecule has 0 radical (unpaired) electrons. The molecule has 1 atom stereocenters.